The molecule has 1 fully saturated rings. The molecular weight excluding hydrogens is 269 g/mol. The number of likely N-dealkylation sites (tertiary alicyclic amines) is 1. The number of nitrogen functional groups attached to an aromatic ring is 1. The quantitative estimate of drug-likeness (QED) is 0.785. The van der Waals surface area contributed by atoms with Gasteiger partial charge in [-0.3, -0.25) is 0 Å². The van der Waals surface area contributed by atoms with Crippen LogP contribution >= 0.6 is 0 Å². The van der Waals surface area contributed by atoms with Gasteiger partial charge < -0.3 is 20.3 Å². The normalized spacial score (nSPS) is 15.4. The molecule has 0 bridgehead atoms. The number of benzene rings is 1. The van der Waals surface area contributed by atoms with Gasteiger partial charge in [-0.1, -0.05) is 6.92 Å². The van der Waals surface area contributed by atoms with Crippen LogP contribution in [0, 0.1) is 5.82 Å². The Morgan fingerprint density at radius 1 is 1.33 bits per heavy atom. The van der Waals surface area contributed by atoms with Gasteiger partial charge in [-0.2, -0.15) is 0 Å². The van der Waals surface area contributed by atoms with E-state index in [4.69, 9.17) is 10.5 Å². The summed E-state index contributed by atoms with van der Waals surface area (Å²) in [6.07, 6.45) is 3.43. The van der Waals surface area contributed by atoms with Crippen molar-refractivity contribution < 1.29 is 9.13 Å². The molecule has 2 rings (SSSR count). The second-order valence-corrected chi connectivity index (χ2v) is 5.66. The summed E-state index contributed by atoms with van der Waals surface area (Å²) in [5.74, 6) is -0.105. The average molecular weight is 295 g/mol. The van der Waals surface area contributed by atoms with Crippen molar-refractivity contribution in [2.45, 2.75) is 26.2 Å². The second-order valence-electron chi connectivity index (χ2n) is 5.66. The van der Waals surface area contributed by atoms with Crippen molar-refractivity contribution >= 4 is 11.4 Å². The molecule has 2 N–H and O–H groups in total. The molecule has 1 heterocycles. The van der Waals surface area contributed by atoms with Gasteiger partial charge in [0, 0.05) is 32.3 Å². The molecule has 0 aliphatic carbocycles. The average Bonchev–Trinajstić information content (AvgIpc) is 2.97. The number of hydrogen-bond acceptors (Lipinski definition) is 4. The maximum Gasteiger partial charge on any atom is 0.167 e. The van der Waals surface area contributed by atoms with Gasteiger partial charge in [-0.25, -0.2) is 4.39 Å². The maximum atomic E-state index is 13.8. The first-order valence-corrected chi connectivity index (χ1v) is 7.77. The van der Waals surface area contributed by atoms with E-state index in [1.807, 2.05) is 14.0 Å². The van der Waals surface area contributed by atoms with Crippen molar-refractivity contribution in [3.05, 3.63) is 17.9 Å². The van der Waals surface area contributed by atoms with Crippen molar-refractivity contribution in [2.75, 3.05) is 50.5 Å². The smallest absolute Gasteiger partial charge is 0.167 e. The maximum absolute atomic E-state index is 13.8. The molecule has 118 valence electrons. The third-order valence-corrected chi connectivity index (χ3v) is 3.90. The van der Waals surface area contributed by atoms with Crippen LogP contribution in [0.1, 0.15) is 26.2 Å². The summed E-state index contributed by atoms with van der Waals surface area (Å²) in [5, 5.41) is 0. The van der Waals surface area contributed by atoms with Crippen LogP contribution in [0.4, 0.5) is 15.8 Å². The lowest BCUT2D eigenvalue weighted by Crippen LogP contribution is -2.31. The highest BCUT2D eigenvalue weighted by atomic mass is 19.1. The monoisotopic (exact) mass is 295 g/mol. The van der Waals surface area contributed by atoms with Crippen LogP contribution in [0.25, 0.3) is 0 Å². The summed E-state index contributed by atoms with van der Waals surface area (Å²) in [6.45, 7) is 6.76. The molecule has 5 heteroatoms. The Balaban J connectivity index is 2.02. The molecule has 0 aromatic heterocycles. The molecule has 1 aliphatic rings. The molecular formula is C16H26FN3O. The van der Waals surface area contributed by atoms with E-state index in [2.05, 4.69) is 9.80 Å². The molecule has 1 aromatic carbocycles. The van der Waals surface area contributed by atoms with Gasteiger partial charge in [0.15, 0.2) is 11.6 Å². The van der Waals surface area contributed by atoms with E-state index >= 15 is 0 Å². The molecule has 4 nitrogen and oxygen atoms in total. The lowest BCUT2D eigenvalue weighted by Gasteiger charge is -2.25. The van der Waals surface area contributed by atoms with E-state index in [9.17, 15) is 4.39 Å². The van der Waals surface area contributed by atoms with Crippen LogP contribution in [0.5, 0.6) is 5.75 Å². The predicted octanol–water partition coefficient (Wildman–Crippen LogP) is 2.73. The Hall–Kier alpha value is -1.49. The number of nitrogens with zero attached hydrogens (tertiary/aromatic N) is 2. The van der Waals surface area contributed by atoms with E-state index in [-0.39, 0.29) is 5.75 Å². The van der Waals surface area contributed by atoms with E-state index in [0.717, 1.165) is 25.2 Å². The van der Waals surface area contributed by atoms with Crippen molar-refractivity contribution in [1.29, 1.82) is 0 Å². The number of nitrogens with two attached hydrogens (primary N) is 1. The van der Waals surface area contributed by atoms with Gasteiger partial charge in [0.25, 0.3) is 0 Å². The Kier molecular flexibility index (Phi) is 5.67. The predicted molar refractivity (Wildman–Crippen MR) is 85.5 cm³/mol. The van der Waals surface area contributed by atoms with Crippen molar-refractivity contribution in [2.24, 2.45) is 0 Å². The van der Waals surface area contributed by atoms with Gasteiger partial charge in [0.05, 0.1) is 18.0 Å². The minimum absolute atomic E-state index is 0.286. The van der Waals surface area contributed by atoms with E-state index in [1.54, 1.807) is 6.07 Å². The summed E-state index contributed by atoms with van der Waals surface area (Å²) in [4.78, 5) is 4.52. The van der Waals surface area contributed by atoms with Crippen molar-refractivity contribution in [3.63, 3.8) is 0 Å². The Bertz CT molecular complexity index is 461. The summed E-state index contributed by atoms with van der Waals surface area (Å²) >= 11 is 0. The molecule has 1 saturated heterocycles. The summed E-state index contributed by atoms with van der Waals surface area (Å²) in [7, 11) is 1.99. The second kappa shape index (κ2) is 7.50. The van der Waals surface area contributed by atoms with Crippen LogP contribution in [0.15, 0.2) is 12.1 Å². The highest BCUT2D eigenvalue weighted by Gasteiger charge is 2.15. The number of ether oxygens (including phenoxy) is 1. The van der Waals surface area contributed by atoms with Gasteiger partial charge in [-0.05, 0) is 32.4 Å². The fourth-order valence-corrected chi connectivity index (χ4v) is 2.63. The highest BCUT2D eigenvalue weighted by molar-refractivity contribution is 5.69. The molecule has 0 atom stereocenters. The van der Waals surface area contributed by atoms with Crippen LogP contribution < -0.4 is 15.4 Å². The van der Waals surface area contributed by atoms with Crippen molar-refractivity contribution in [3.8, 4) is 5.75 Å². The van der Waals surface area contributed by atoms with Crippen LogP contribution in [0.2, 0.25) is 0 Å². The Morgan fingerprint density at radius 3 is 2.71 bits per heavy atom. The van der Waals surface area contributed by atoms with Gasteiger partial charge >= 0.3 is 0 Å². The SMILES string of the molecule is CCCOc1cc(N(C)CCN2CCCC2)c(N)cc1F. The minimum atomic E-state index is -0.391. The van der Waals surface area contributed by atoms with Gasteiger partial charge in [-0.15, -0.1) is 0 Å². The zero-order chi connectivity index (χ0) is 15.2. The first kappa shape index (κ1) is 15.9. The number of rotatable bonds is 7. The van der Waals surface area contributed by atoms with E-state index < -0.39 is 5.82 Å². The van der Waals surface area contributed by atoms with Gasteiger partial charge in [0.2, 0.25) is 0 Å². The highest BCUT2D eigenvalue weighted by Crippen LogP contribution is 2.30. The molecule has 1 aliphatic heterocycles. The largest absolute Gasteiger partial charge is 0.490 e. The summed E-state index contributed by atoms with van der Waals surface area (Å²) < 4.78 is 19.3. The number of likely N-dealkylation sites (N-methyl/N-ethyl adjacent to an activating group) is 1. The van der Waals surface area contributed by atoms with Crippen LogP contribution in [-0.2, 0) is 0 Å². The Morgan fingerprint density at radius 2 is 2.05 bits per heavy atom. The standard InChI is InChI=1S/C16H26FN3O/c1-3-10-21-16-12-15(14(18)11-13(16)17)19(2)8-9-20-6-4-5-7-20/h11-12H,3-10,18H2,1-2H3. The molecule has 1 aromatic rings. The molecule has 21 heavy (non-hydrogen) atoms. The summed E-state index contributed by atoms with van der Waals surface area (Å²) in [5.41, 5.74) is 7.25. The number of hydrogen-bond donors (Lipinski definition) is 1. The topological polar surface area (TPSA) is 41.7 Å². The lowest BCUT2D eigenvalue weighted by atomic mass is 10.2. The lowest BCUT2D eigenvalue weighted by molar-refractivity contribution is 0.301. The minimum Gasteiger partial charge on any atom is -0.490 e. The Labute approximate surface area is 126 Å². The zero-order valence-electron chi connectivity index (χ0n) is 13.1. The first-order valence-electron chi connectivity index (χ1n) is 7.77. The van der Waals surface area contributed by atoms with Crippen molar-refractivity contribution in [1.82, 2.24) is 4.90 Å². The molecule has 0 radical (unpaired) electrons. The third kappa shape index (κ3) is 4.24. The summed E-state index contributed by atoms with van der Waals surface area (Å²) in [6, 6.07) is 3.07. The van der Waals surface area contributed by atoms with Gasteiger partial charge in [0.1, 0.15) is 0 Å². The molecule has 0 spiro atoms. The number of halogens is 1. The van der Waals surface area contributed by atoms with Crippen LogP contribution in [-0.4, -0.2) is 44.7 Å². The molecule has 0 unspecified atom stereocenters. The zero-order valence-corrected chi connectivity index (χ0v) is 13.1. The van der Waals surface area contributed by atoms with E-state index in [1.165, 1.54) is 32.0 Å². The van der Waals surface area contributed by atoms with Crippen LogP contribution in [0.3, 0.4) is 0 Å². The van der Waals surface area contributed by atoms with E-state index in [0.29, 0.717) is 12.3 Å². The number of anilines is 2. The fourth-order valence-electron chi connectivity index (χ4n) is 2.63. The molecule has 0 saturated carbocycles. The molecule has 0 amide bonds. The third-order valence-electron chi connectivity index (χ3n) is 3.90. The first-order chi connectivity index (χ1) is 10.1. The fraction of sp³-hybridized carbons (Fsp3) is 0.625.